The third-order valence-corrected chi connectivity index (χ3v) is 3.80. The van der Waals surface area contributed by atoms with Crippen LogP contribution in [0.25, 0.3) is 0 Å². The molecule has 1 unspecified atom stereocenters. The smallest absolute Gasteiger partial charge is 0.339 e. The van der Waals surface area contributed by atoms with Gasteiger partial charge in [-0.15, -0.1) is 0 Å². The number of aromatic nitrogens is 1. The highest BCUT2D eigenvalue weighted by Crippen LogP contribution is 2.22. The van der Waals surface area contributed by atoms with Crippen molar-refractivity contribution >= 4 is 23.5 Å². The zero-order chi connectivity index (χ0) is 12.3. The number of thioether (sulfide) groups is 1. The van der Waals surface area contributed by atoms with Crippen LogP contribution in [0.5, 0.6) is 0 Å². The first kappa shape index (κ1) is 12.2. The highest BCUT2D eigenvalue weighted by atomic mass is 32.2. The molecule has 2 heterocycles. The van der Waals surface area contributed by atoms with E-state index in [0.717, 1.165) is 36.6 Å². The van der Waals surface area contributed by atoms with Gasteiger partial charge in [-0.25, -0.2) is 14.2 Å². The average Bonchev–Trinajstić information content (AvgIpc) is 2.32. The van der Waals surface area contributed by atoms with Crippen LogP contribution < -0.4 is 5.32 Å². The van der Waals surface area contributed by atoms with E-state index in [1.165, 1.54) is 0 Å². The molecule has 4 nitrogen and oxygen atoms in total. The Kier molecular flexibility index (Phi) is 3.83. The molecule has 1 aliphatic heterocycles. The molecular formula is C11H13FN2O2S. The maximum absolute atomic E-state index is 12.9. The SMILES string of the molecule is O=C(O)c1cc(F)cnc1NC1CCCSC1. The van der Waals surface area contributed by atoms with Crippen LogP contribution in [0.15, 0.2) is 12.3 Å². The lowest BCUT2D eigenvalue weighted by atomic mass is 10.1. The van der Waals surface area contributed by atoms with Crippen LogP contribution in [0.3, 0.4) is 0 Å². The normalized spacial score (nSPS) is 19.9. The summed E-state index contributed by atoms with van der Waals surface area (Å²) in [6.45, 7) is 0. The third kappa shape index (κ3) is 3.09. The molecule has 1 aromatic rings. The fraction of sp³-hybridized carbons (Fsp3) is 0.455. The number of halogens is 1. The lowest BCUT2D eigenvalue weighted by Gasteiger charge is -2.23. The lowest BCUT2D eigenvalue weighted by Crippen LogP contribution is -2.27. The van der Waals surface area contributed by atoms with Crippen molar-refractivity contribution in [1.29, 1.82) is 0 Å². The molecule has 1 aromatic heterocycles. The largest absolute Gasteiger partial charge is 0.478 e. The number of anilines is 1. The van der Waals surface area contributed by atoms with Gasteiger partial charge in [-0.3, -0.25) is 0 Å². The Balaban J connectivity index is 2.16. The van der Waals surface area contributed by atoms with Crippen molar-refractivity contribution < 1.29 is 14.3 Å². The molecule has 0 bridgehead atoms. The number of carboxylic acid groups (broad SMARTS) is 1. The van der Waals surface area contributed by atoms with Crippen LogP contribution in [-0.2, 0) is 0 Å². The number of hydrogen-bond donors (Lipinski definition) is 2. The van der Waals surface area contributed by atoms with E-state index < -0.39 is 11.8 Å². The maximum Gasteiger partial charge on any atom is 0.339 e. The lowest BCUT2D eigenvalue weighted by molar-refractivity contribution is 0.0697. The van der Waals surface area contributed by atoms with Crippen LogP contribution in [-0.4, -0.2) is 33.6 Å². The van der Waals surface area contributed by atoms with Crippen LogP contribution in [0.4, 0.5) is 10.2 Å². The van der Waals surface area contributed by atoms with Crippen molar-refractivity contribution in [2.75, 3.05) is 16.8 Å². The zero-order valence-electron chi connectivity index (χ0n) is 9.15. The Bertz CT molecular complexity index is 422. The van der Waals surface area contributed by atoms with Gasteiger partial charge < -0.3 is 10.4 Å². The van der Waals surface area contributed by atoms with E-state index in [2.05, 4.69) is 10.3 Å². The molecule has 6 heteroatoms. The van der Waals surface area contributed by atoms with Gasteiger partial charge in [0, 0.05) is 11.8 Å². The fourth-order valence-corrected chi connectivity index (χ4v) is 2.84. The molecule has 92 valence electrons. The van der Waals surface area contributed by atoms with Crippen LogP contribution in [0, 0.1) is 5.82 Å². The second-order valence-electron chi connectivity index (χ2n) is 3.91. The van der Waals surface area contributed by atoms with E-state index in [4.69, 9.17) is 5.11 Å². The summed E-state index contributed by atoms with van der Waals surface area (Å²) in [5.74, 6) is 0.527. The zero-order valence-corrected chi connectivity index (χ0v) is 9.97. The number of carbonyl (C=O) groups is 1. The molecule has 1 aliphatic rings. The van der Waals surface area contributed by atoms with Crippen molar-refractivity contribution in [2.45, 2.75) is 18.9 Å². The van der Waals surface area contributed by atoms with E-state index in [1.807, 2.05) is 11.8 Å². The molecule has 0 aliphatic carbocycles. The fourth-order valence-electron chi connectivity index (χ4n) is 1.77. The molecule has 1 saturated heterocycles. The summed E-state index contributed by atoms with van der Waals surface area (Å²) < 4.78 is 12.9. The van der Waals surface area contributed by atoms with E-state index >= 15 is 0 Å². The second-order valence-corrected chi connectivity index (χ2v) is 5.06. The van der Waals surface area contributed by atoms with Gasteiger partial charge in [0.15, 0.2) is 0 Å². The number of nitrogens with one attached hydrogen (secondary N) is 1. The van der Waals surface area contributed by atoms with Crippen molar-refractivity contribution in [3.8, 4) is 0 Å². The molecule has 17 heavy (non-hydrogen) atoms. The number of hydrogen-bond acceptors (Lipinski definition) is 4. The molecule has 2 N–H and O–H groups in total. The van der Waals surface area contributed by atoms with Gasteiger partial charge in [-0.1, -0.05) is 0 Å². The highest BCUT2D eigenvalue weighted by molar-refractivity contribution is 7.99. The summed E-state index contributed by atoms with van der Waals surface area (Å²) in [6.07, 6.45) is 3.13. The molecule has 1 fully saturated rings. The van der Waals surface area contributed by atoms with Gasteiger partial charge in [-0.05, 0) is 24.7 Å². The quantitative estimate of drug-likeness (QED) is 0.868. The highest BCUT2D eigenvalue weighted by Gasteiger charge is 2.18. The monoisotopic (exact) mass is 256 g/mol. The van der Waals surface area contributed by atoms with Gasteiger partial charge in [0.2, 0.25) is 0 Å². The minimum absolute atomic E-state index is 0.111. The maximum atomic E-state index is 12.9. The van der Waals surface area contributed by atoms with E-state index in [9.17, 15) is 9.18 Å². The minimum atomic E-state index is -1.16. The van der Waals surface area contributed by atoms with Gasteiger partial charge in [0.1, 0.15) is 17.2 Å². The summed E-state index contributed by atoms with van der Waals surface area (Å²) in [7, 11) is 0. The second kappa shape index (κ2) is 5.35. The van der Waals surface area contributed by atoms with Gasteiger partial charge in [0.25, 0.3) is 0 Å². The number of aromatic carboxylic acids is 1. The summed E-state index contributed by atoms with van der Waals surface area (Å²) in [6, 6.07) is 1.21. The topological polar surface area (TPSA) is 62.2 Å². The predicted octanol–water partition coefficient (Wildman–Crippen LogP) is 2.23. The number of carboxylic acids is 1. The summed E-state index contributed by atoms with van der Waals surface area (Å²) in [5, 5.41) is 12.0. The van der Waals surface area contributed by atoms with Gasteiger partial charge in [-0.2, -0.15) is 11.8 Å². The molecule has 0 aromatic carbocycles. The Hall–Kier alpha value is -1.30. The van der Waals surface area contributed by atoms with Gasteiger partial charge >= 0.3 is 5.97 Å². The van der Waals surface area contributed by atoms with Gasteiger partial charge in [0.05, 0.1) is 6.20 Å². The molecule has 2 rings (SSSR count). The predicted molar refractivity (Wildman–Crippen MR) is 65.1 cm³/mol. The van der Waals surface area contributed by atoms with Crippen molar-refractivity contribution in [2.24, 2.45) is 0 Å². The molecular weight excluding hydrogens is 243 g/mol. The Morgan fingerprint density at radius 1 is 1.65 bits per heavy atom. The Morgan fingerprint density at radius 3 is 3.12 bits per heavy atom. The first-order chi connectivity index (χ1) is 8.16. The van der Waals surface area contributed by atoms with Crippen molar-refractivity contribution in [3.63, 3.8) is 0 Å². The molecule has 1 atom stereocenters. The number of rotatable bonds is 3. The van der Waals surface area contributed by atoms with Crippen LogP contribution >= 0.6 is 11.8 Å². The summed E-state index contributed by atoms with van der Waals surface area (Å²) in [5.41, 5.74) is -0.111. The molecule has 0 amide bonds. The number of pyridine rings is 1. The summed E-state index contributed by atoms with van der Waals surface area (Å²) in [4.78, 5) is 14.8. The van der Waals surface area contributed by atoms with Crippen LogP contribution in [0.1, 0.15) is 23.2 Å². The average molecular weight is 256 g/mol. The molecule has 0 spiro atoms. The van der Waals surface area contributed by atoms with E-state index in [1.54, 1.807) is 0 Å². The Morgan fingerprint density at radius 2 is 2.47 bits per heavy atom. The van der Waals surface area contributed by atoms with Crippen molar-refractivity contribution in [3.05, 3.63) is 23.6 Å². The standard InChI is InChI=1S/C11H13FN2O2S/c12-7-4-9(11(15)16)10(13-5-7)14-8-2-1-3-17-6-8/h4-5,8H,1-3,6H2,(H,13,14)(H,15,16). The number of nitrogens with zero attached hydrogens (tertiary/aromatic N) is 1. The van der Waals surface area contributed by atoms with E-state index in [0.29, 0.717) is 0 Å². The molecule has 0 radical (unpaired) electrons. The third-order valence-electron chi connectivity index (χ3n) is 2.59. The minimum Gasteiger partial charge on any atom is -0.478 e. The van der Waals surface area contributed by atoms with E-state index in [-0.39, 0.29) is 17.4 Å². The van der Waals surface area contributed by atoms with Crippen LogP contribution in [0.2, 0.25) is 0 Å². The first-order valence-corrected chi connectivity index (χ1v) is 6.55. The summed E-state index contributed by atoms with van der Waals surface area (Å²) >= 11 is 1.83. The van der Waals surface area contributed by atoms with Crippen molar-refractivity contribution in [1.82, 2.24) is 4.98 Å². The first-order valence-electron chi connectivity index (χ1n) is 5.40. The Labute approximate surface area is 103 Å². The molecule has 0 saturated carbocycles.